The Morgan fingerprint density at radius 2 is 1.23 bits per heavy atom. The van der Waals surface area contributed by atoms with E-state index in [2.05, 4.69) is 31.3 Å². The molecule has 0 aromatic carbocycles. The number of aliphatic hydroxyl groups excluding tert-OH is 6. The van der Waals surface area contributed by atoms with Crippen LogP contribution in [0.1, 0.15) is 149 Å². The summed E-state index contributed by atoms with van der Waals surface area (Å²) in [5, 5.41) is 64.2. The van der Waals surface area contributed by atoms with Crippen LogP contribution in [0.25, 0.3) is 0 Å². The molecule has 0 radical (unpaired) electrons. The third kappa shape index (κ3) is 20.3. The second-order valence-corrected chi connectivity index (χ2v) is 13.5. The average Bonchev–Trinajstić information content (AvgIpc) is 3.08. The normalized spacial score (nSPS) is 23.5. The quantitative estimate of drug-likeness (QED) is 0.0389. The topological polar surface area (TPSA) is 169 Å². The number of carbonyl (C=O) groups is 1. The number of rotatable bonds is 30. The van der Waals surface area contributed by atoms with Crippen LogP contribution in [0.3, 0.4) is 0 Å². The molecular weight excluding hydrogens is 614 g/mol. The van der Waals surface area contributed by atoms with Crippen LogP contribution in [0.5, 0.6) is 0 Å². The number of hydrogen-bond acceptors (Lipinski definition) is 9. The molecule has 1 aliphatic heterocycles. The molecule has 0 bridgehead atoms. The van der Waals surface area contributed by atoms with Crippen molar-refractivity contribution in [2.45, 2.75) is 198 Å². The van der Waals surface area contributed by atoms with Crippen LogP contribution in [0.15, 0.2) is 24.3 Å². The van der Waals surface area contributed by atoms with Crippen molar-refractivity contribution in [3.63, 3.8) is 0 Å². The van der Waals surface area contributed by atoms with Gasteiger partial charge in [0, 0.05) is 0 Å². The summed E-state index contributed by atoms with van der Waals surface area (Å²) in [4.78, 5) is 12.9. The zero-order valence-electron chi connectivity index (χ0n) is 30.1. The lowest BCUT2D eigenvalue weighted by atomic mass is 9.99. The minimum absolute atomic E-state index is 0.305. The van der Waals surface area contributed by atoms with E-state index in [1.54, 1.807) is 6.08 Å². The van der Waals surface area contributed by atoms with E-state index in [1.807, 2.05) is 6.08 Å². The van der Waals surface area contributed by atoms with Gasteiger partial charge in [-0.25, -0.2) is 0 Å². The fourth-order valence-electron chi connectivity index (χ4n) is 5.88. The SMILES string of the molecule is CCCCCCCCC/C=C/CC/C=C/[C@@H](O)[C@@H](CO[C@@H]1O[C@H](CO)[C@@H](O)[C@H](O)[C@H]1O)NC(=O)[C@H](O)CCCCCCCCCCCC. The van der Waals surface area contributed by atoms with Gasteiger partial charge < -0.3 is 45.4 Å². The molecule has 1 fully saturated rings. The van der Waals surface area contributed by atoms with Gasteiger partial charge in [0.25, 0.3) is 0 Å². The lowest BCUT2D eigenvalue weighted by molar-refractivity contribution is -0.302. The summed E-state index contributed by atoms with van der Waals surface area (Å²) in [7, 11) is 0. The molecule has 0 aliphatic carbocycles. The Labute approximate surface area is 291 Å². The van der Waals surface area contributed by atoms with Crippen molar-refractivity contribution in [3.8, 4) is 0 Å². The van der Waals surface area contributed by atoms with Crippen molar-refractivity contribution < 1.29 is 44.9 Å². The number of amides is 1. The molecule has 10 heteroatoms. The molecule has 0 saturated carbocycles. The first-order chi connectivity index (χ1) is 23.3. The number of carbonyl (C=O) groups excluding carboxylic acids is 1. The zero-order valence-corrected chi connectivity index (χ0v) is 30.1. The first-order valence-corrected chi connectivity index (χ1v) is 19.2. The largest absolute Gasteiger partial charge is 0.394 e. The van der Waals surface area contributed by atoms with Crippen molar-refractivity contribution in [1.82, 2.24) is 5.32 Å². The van der Waals surface area contributed by atoms with Gasteiger partial charge in [-0.15, -0.1) is 0 Å². The maximum Gasteiger partial charge on any atom is 0.249 e. The smallest absolute Gasteiger partial charge is 0.249 e. The number of allylic oxidation sites excluding steroid dienone is 3. The van der Waals surface area contributed by atoms with Gasteiger partial charge in [-0.1, -0.05) is 141 Å². The van der Waals surface area contributed by atoms with Gasteiger partial charge >= 0.3 is 0 Å². The molecule has 8 atom stereocenters. The third-order valence-electron chi connectivity index (χ3n) is 9.14. The third-order valence-corrected chi connectivity index (χ3v) is 9.14. The number of ether oxygens (including phenoxy) is 2. The van der Waals surface area contributed by atoms with Crippen LogP contribution in [-0.2, 0) is 14.3 Å². The summed E-state index contributed by atoms with van der Waals surface area (Å²) in [6.07, 6.45) is 21.3. The number of unbranched alkanes of at least 4 members (excludes halogenated alkanes) is 17. The highest BCUT2D eigenvalue weighted by molar-refractivity contribution is 5.80. The van der Waals surface area contributed by atoms with E-state index in [0.717, 1.165) is 32.1 Å². The molecular formula is C38H71NO9. The van der Waals surface area contributed by atoms with Gasteiger partial charge in [-0.05, 0) is 32.1 Å². The minimum atomic E-state index is -1.61. The summed E-state index contributed by atoms with van der Waals surface area (Å²) >= 11 is 0. The summed E-state index contributed by atoms with van der Waals surface area (Å²) in [5.41, 5.74) is 0. The molecule has 10 nitrogen and oxygen atoms in total. The van der Waals surface area contributed by atoms with E-state index in [1.165, 1.54) is 83.5 Å². The molecule has 1 aliphatic rings. The van der Waals surface area contributed by atoms with Crippen LogP contribution in [-0.4, -0.2) is 98.7 Å². The molecule has 282 valence electrons. The maximum absolute atomic E-state index is 12.9. The number of nitrogens with one attached hydrogen (secondary N) is 1. The van der Waals surface area contributed by atoms with Crippen LogP contribution >= 0.6 is 0 Å². The second-order valence-electron chi connectivity index (χ2n) is 13.5. The zero-order chi connectivity index (χ0) is 35.4. The van der Waals surface area contributed by atoms with Gasteiger partial charge in [0.05, 0.1) is 25.4 Å². The molecule has 1 heterocycles. The van der Waals surface area contributed by atoms with Crippen LogP contribution < -0.4 is 5.32 Å². The minimum Gasteiger partial charge on any atom is -0.394 e. The van der Waals surface area contributed by atoms with Crippen molar-refractivity contribution in [2.24, 2.45) is 0 Å². The fraction of sp³-hybridized carbons (Fsp3) is 0.868. The number of aliphatic hydroxyl groups is 6. The van der Waals surface area contributed by atoms with Gasteiger partial charge in [-0.3, -0.25) is 4.79 Å². The van der Waals surface area contributed by atoms with E-state index in [-0.39, 0.29) is 6.61 Å². The Kier molecular flexibility index (Phi) is 27.3. The molecule has 48 heavy (non-hydrogen) atoms. The highest BCUT2D eigenvalue weighted by atomic mass is 16.7. The molecule has 0 aromatic rings. The molecule has 0 aromatic heterocycles. The molecule has 0 spiro atoms. The van der Waals surface area contributed by atoms with Gasteiger partial charge in [-0.2, -0.15) is 0 Å². The number of hydrogen-bond donors (Lipinski definition) is 7. The Balaban J connectivity index is 2.57. The van der Waals surface area contributed by atoms with Crippen LogP contribution in [0.2, 0.25) is 0 Å². The summed E-state index contributed by atoms with van der Waals surface area (Å²) in [6, 6.07) is -0.989. The Bertz CT molecular complexity index is 824. The average molecular weight is 686 g/mol. The first-order valence-electron chi connectivity index (χ1n) is 19.2. The maximum atomic E-state index is 12.9. The summed E-state index contributed by atoms with van der Waals surface area (Å²) < 4.78 is 11.1. The summed E-state index contributed by atoms with van der Waals surface area (Å²) in [5.74, 6) is -0.630. The van der Waals surface area contributed by atoms with Gasteiger partial charge in [0.1, 0.15) is 30.5 Å². The van der Waals surface area contributed by atoms with E-state index in [9.17, 15) is 35.4 Å². The van der Waals surface area contributed by atoms with Crippen LogP contribution in [0.4, 0.5) is 0 Å². The molecule has 1 amide bonds. The standard InChI is InChI=1S/C38H71NO9/c1-3-5-7-9-11-13-15-16-17-19-20-22-24-26-31(41)30(29-47-38-36(45)35(44)34(43)33(28-40)48-38)39-37(46)32(42)27-25-23-21-18-14-12-10-8-6-4-2/h17,19,24,26,30-36,38,40-45H,3-16,18,20-23,25,27-29H2,1-2H3,(H,39,46)/b19-17+,26-24+/t30-,31-,32-,33-,34-,35+,36-,38-/m1/s1. The van der Waals surface area contributed by atoms with Gasteiger partial charge in [0.2, 0.25) is 5.91 Å². The molecule has 7 N–H and O–H groups in total. The van der Waals surface area contributed by atoms with E-state index in [4.69, 9.17) is 9.47 Å². The van der Waals surface area contributed by atoms with Crippen molar-refractivity contribution in [3.05, 3.63) is 24.3 Å². The van der Waals surface area contributed by atoms with Crippen molar-refractivity contribution in [1.29, 1.82) is 0 Å². The molecule has 0 unspecified atom stereocenters. The fourth-order valence-corrected chi connectivity index (χ4v) is 5.88. The highest BCUT2D eigenvalue weighted by Crippen LogP contribution is 2.22. The van der Waals surface area contributed by atoms with Crippen molar-refractivity contribution >= 4 is 5.91 Å². The van der Waals surface area contributed by atoms with Crippen molar-refractivity contribution in [2.75, 3.05) is 13.2 Å². The Hall–Kier alpha value is -1.37. The predicted octanol–water partition coefficient (Wildman–Crippen LogP) is 5.35. The summed E-state index contributed by atoms with van der Waals surface area (Å²) in [6.45, 7) is 3.52. The Morgan fingerprint density at radius 1 is 0.708 bits per heavy atom. The predicted molar refractivity (Wildman–Crippen MR) is 190 cm³/mol. The van der Waals surface area contributed by atoms with Gasteiger partial charge in [0.15, 0.2) is 6.29 Å². The molecule has 1 saturated heterocycles. The second kappa shape index (κ2) is 29.4. The monoisotopic (exact) mass is 686 g/mol. The Morgan fingerprint density at radius 3 is 1.81 bits per heavy atom. The lowest BCUT2D eigenvalue weighted by Crippen LogP contribution is -2.60. The lowest BCUT2D eigenvalue weighted by Gasteiger charge is -2.40. The highest BCUT2D eigenvalue weighted by Gasteiger charge is 2.44. The first kappa shape index (κ1) is 44.7. The van der Waals surface area contributed by atoms with Crippen LogP contribution in [0, 0.1) is 0 Å². The van der Waals surface area contributed by atoms with E-state index >= 15 is 0 Å². The van der Waals surface area contributed by atoms with E-state index < -0.39 is 61.5 Å². The molecule has 1 rings (SSSR count). The van der Waals surface area contributed by atoms with E-state index in [0.29, 0.717) is 19.3 Å².